The van der Waals surface area contributed by atoms with E-state index in [9.17, 15) is 9.59 Å². The predicted octanol–water partition coefficient (Wildman–Crippen LogP) is 5.03. The highest BCUT2D eigenvalue weighted by atomic mass is 16.5. The molecule has 0 bridgehead atoms. The first kappa shape index (κ1) is 23.9. The summed E-state index contributed by atoms with van der Waals surface area (Å²) < 4.78 is 12.6. The maximum Gasteiger partial charge on any atom is 0.225 e. The van der Waals surface area contributed by atoms with Gasteiger partial charge in [-0.1, -0.05) is 52.4 Å². The minimum atomic E-state index is -0.0112. The number of unbranched alkanes of at least 4 members (excludes halogenated alkanes) is 6. The van der Waals surface area contributed by atoms with E-state index in [2.05, 4.69) is 29.5 Å². The number of hydrogen-bond donors (Lipinski definition) is 2. The van der Waals surface area contributed by atoms with Crippen LogP contribution in [0.2, 0.25) is 0 Å². The lowest BCUT2D eigenvalue weighted by Gasteiger charge is -2.29. The van der Waals surface area contributed by atoms with Gasteiger partial charge >= 0.3 is 0 Å². The molecule has 5 atom stereocenters. The van der Waals surface area contributed by atoms with Gasteiger partial charge in [0.25, 0.3) is 0 Å². The molecule has 0 spiro atoms. The maximum atomic E-state index is 12.5. The van der Waals surface area contributed by atoms with Crippen molar-refractivity contribution in [3.8, 4) is 5.75 Å². The summed E-state index contributed by atoms with van der Waals surface area (Å²) in [6.07, 6.45) is 15.9. The van der Waals surface area contributed by atoms with Crippen molar-refractivity contribution in [2.45, 2.75) is 90.2 Å². The van der Waals surface area contributed by atoms with E-state index in [1.165, 1.54) is 32.1 Å². The van der Waals surface area contributed by atoms with Crippen molar-refractivity contribution < 1.29 is 19.1 Å². The van der Waals surface area contributed by atoms with Gasteiger partial charge in [-0.3, -0.25) is 9.59 Å². The Hall–Kier alpha value is -2.83. The highest BCUT2D eigenvalue weighted by Crippen LogP contribution is 2.57. The third-order valence-electron chi connectivity index (χ3n) is 7.86. The largest absolute Gasteiger partial charge is 0.492 e. The molecular weight excluding hydrogens is 442 g/mol. The smallest absolute Gasteiger partial charge is 0.225 e. The number of carbonyl (C=O) groups is 2. The summed E-state index contributed by atoms with van der Waals surface area (Å²) >= 11 is 0. The average Bonchev–Trinajstić information content (AvgIpc) is 3.33. The molecule has 188 valence electrons. The first-order valence-electron chi connectivity index (χ1n) is 13.4. The average molecular weight is 480 g/mol. The number of aromatic nitrogens is 1. The van der Waals surface area contributed by atoms with Crippen LogP contribution in [0.3, 0.4) is 0 Å². The third kappa shape index (κ3) is 5.09. The number of nitrogens with one attached hydrogen (secondary N) is 2. The minimum absolute atomic E-state index is 0.0112. The Morgan fingerprint density at radius 3 is 2.80 bits per heavy atom. The lowest BCUT2D eigenvalue weighted by atomic mass is 9.83. The van der Waals surface area contributed by atoms with Crippen LogP contribution < -0.4 is 15.4 Å². The SMILES string of the molecule is CCCCCCCCCC(=O)NC1C2OC3=CC=C(Oc4ccnc5c4CCC(=O)N5)C(C)C3C12. The van der Waals surface area contributed by atoms with Gasteiger partial charge in [-0.15, -0.1) is 0 Å². The molecule has 0 radical (unpaired) electrons. The van der Waals surface area contributed by atoms with Crippen molar-refractivity contribution in [3.05, 3.63) is 41.5 Å². The molecule has 2 aliphatic heterocycles. The molecule has 1 saturated carbocycles. The number of hydrogen-bond acceptors (Lipinski definition) is 5. The fraction of sp³-hybridized carbons (Fsp3) is 0.607. The molecule has 4 aliphatic rings. The molecule has 7 nitrogen and oxygen atoms in total. The van der Waals surface area contributed by atoms with E-state index in [1.54, 1.807) is 6.20 Å². The molecule has 7 heteroatoms. The number of allylic oxidation sites excluding steroid dienone is 4. The Morgan fingerprint density at radius 1 is 1.17 bits per heavy atom. The topological polar surface area (TPSA) is 89.6 Å². The summed E-state index contributed by atoms with van der Waals surface area (Å²) in [5, 5.41) is 6.06. The zero-order valence-corrected chi connectivity index (χ0v) is 20.8. The summed E-state index contributed by atoms with van der Waals surface area (Å²) in [6, 6.07) is 1.96. The fourth-order valence-corrected chi connectivity index (χ4v) is 5.82. The van der Waals surface area contributed by atoms with Gasteiger partial charge in [-0.05, 0) is 31.1 Å². The van der Waals surface area contributed by atoms with Gasteiger partial charge in [-0.2, -0.15) is 0 Å². The second kappa shape index (κ2) is 10.4. The Kier molecular flexibility index (Phi) is 7.12. The molecule has 1 saturated heterocycles. The van der Waals surface area contributed by atoms with Gasteiger partial charge < -0.3 is 20.1 Å². The number of anilines is 1. The second-order valence-electron chi connectivity index (χ2n) is 10.4. The van der Waals surface area contributed by atoms with Crippen molar-refractivity contribution >= 4 is 17.6 Å². The van der Waals surface area contributed by atoms with Crippen LogP contribution >= 0.6 is 0 Å². The van der Waals surface area contributed by atoms with Crippen LogP contribution in [0.5, 0.6) is 5.75 Å². The highest BCUT2D eigenvalue weighted by molar-refractivity contribution is 5.93. The molecule has 1 aromatic rings. The van der Waals surface area contributed by atoms with E-state index < -0.39 is 0 Å². The zero-order chi connectivity index (χ0) is 24.4. The normalized spacial score (nSPS) is 27.9. The molecular formula is C28H37N3O4. The van der Waals surface area contributed by atoms with Crippen LogP contribution in [0, 0.1) is 17.8 Å². The van der Waals surface area contributed by atoms with Crippen molar-refractivity contribution in [3.63, 3.8) is 0 Å². The van der Waals surface area contributed by atoms with Gasteiger partial charge in [0.15, 0.2) is 0 Å². The van der Waals surface area contributed by atoms with E-state index in [1.807, 2.05) is 18.2 Å². The Bertz CT molecular complexity index is 1030. The minimum Gasteiger partial charge on any atom is -0.492 e. The summed E-state index contributed by atoms with van der Waals surface area (Å²) in [5.41, 5.74) is 0.942. The lowest BCUT2D eigenvalue weighted by molar-refractivity contribution is -0.121. The molecule has 5 unspecified atom stereocenters. The van der Waals surface area contributed by atoms with Crippen LogP contribution in [0.25, 0.3) is 0 Å². The quantitative estimate of drug-likeness (QED) is 0.435. The maximum absolute atomic E-state index is 12.5. The Morgan fingerprint density at radius 2 is 1.97 bits per heavy atom. The first-order chi connectivity index (χ1) is 17.1. The summed E-state index contributed by atoms with van der Waals surface area (Å²) in [5.74, 6) is 4.00. The number of ether oxygens (including phenoxy) is 2. The van der Waals surface area contributed by atoms with Crippen LogP contribution in [-0.2, 0) is 20.7 Å². The second-order valence-corrected chi connectivity index (χ2v) is 10.4. The van der Waals surface area contributed by atoms with Crippen LogP contribution in [0.15, 0.2) is 35.9 Å². The number of nitrogens with zero attached hydrogens (tertiary/aromatic N) is 1. The Labute approximate surface area is 207 Å². The summed E-state index contributed by atoms with van der Waals surface area (Å²) in [7, 11) is 0. The van der Waals surface area contributed by atoms with Crippen LogP contribution in [0.1, 0.15) is 77.2 Å². The molecule has 2 fully saturated rings. The van der Waals surface area contributed by atoms with E-state index in [4.69, 9.17) is 9.47 Å². The number of rotatable bonds is 11. The molecule has 2 N–H and O–H groups in total. The molecule has 2 amide bonds. The van der Waals surface area contributed by atoms with Crippen LogP contribution in [-0.4, -0.2) is 28.9 Å². The molecule has 0 aromatic carbocycles. The predicted molar refractivity (Wildman–Crippen MR) is 134 cm³/mol. The van der Waals surface area contributed by atoms with Gasteiger partial charge in [0.05, 0.1) is 6.04 Å². The summed E-state index contributed by atoms with van der Waals surface area (Å²) in [6.45, 7) is 4.40. The first-order valence-corrected chi connectivity index (χ1v) is 13.4. The van der Waals surface area contributed by atoms with Gasteiger partial charge in [0.2, 0.25) is 11.8 Å². The number of pyridine rings is 1. The standard InChI is InChI=1S/C28H37N3O4/c1-3-4-5-6-7-8-9-10-22(32)30-26-25-24-17(2)19(12-13-21(24)35-27(25)26)34-20-15-16-29-28-18(20)11-14-23(33)31-28/h12-13,15-17,24-27H,3-11,14H2,1-2H3,(H,30,32)(H,29,31,33). The van der Waals surface area contributed by atoms with Crippen LogP contribution in [0.4, 0.5) is 5.82 Å². The van der Waals surface area contributed by atoms with E-state index >= 15 is 0 Å². The van der Waals surface area contributed by atoms with Crippen molar-refractivity contribution in [1.82, 2.24) is 10.3 Å². The van der Waals surface area contributed by atoms with E-state index in [-0.39, 0.29) is 35.8 Å². The zero-order valence-electron chi connectivity index (χ0n) is 20.8. The fourth-order valence-electron chi connectivity index (χ4n) is 5.82. The lowest BCUT2D eigenvalue weighted by Crippen LogP contribution is -2.33. The van der Waals surface area contributed by atoms with Crippen molar-refractivity contribution in [2.24, 2.45) is 17.8 Å². The molecule has 35 heavy (non-hydrogen) atoms. The highest BCUT2D eigenvalue weighted by Gasteiger charge is 2.65. The van der Waals surface area contributed by atoms with Gasteiger partial charge in [0, 0.05) is 42.4 Å². The number of carbonyl (C=O) groups excluding carboxylic acids is 2. The van der Waals surface area contributed by atoms with E-state index in [0.29, 0.717) is 31.0 Å². The number of fused-ring (bicyclic) bond motifs is 4. The monoisotopic (exact) mass is 479 g/mol. The summed E-state index contributed by atoms with van der Waals surface area (Å²) in [4.78, 5) is 28.5. The van der Waals surface area contributed by atoms with Gasteiger partial charge in [0.1, 0.15) is 29.2 Å². The molecule has 2 aliphatic carbocycles. The molecule has 1 aromatic heterocycles. The number of amides is 2. The van der Waals surface area contributed by atoms with Crippen molar-refractivity contribution in [2.75, 3.05) is 5.32 Å². The Balaban J connectivity index is 1.13. The third-order valence-corrected chi connectivity index (χ3v) is 7.86. The van der Waals surface area contributed by atoms with Gasteiger partial charge in [-0.25, -0.2) is 4.98 Å². The molecule has 3 heterocycles. The van der Waals surface area contributed by atoms with E-state index in [0.717, 1.165) is 35.7 Å². The molecule has 5 rings (SSSR count). The van der Waals surface area contributed by atoms with Crippen molar-refractivity contribution in [1.29, 1.82) is 0 Å².